The molecule has 44 heavy (non-hydrogen) atoms. The second-order valence-corrected chi connectivity index (χ2v) is 10.9. The maximum Gasteiger partial charge on any atom is 0.298 e. The van der Waals surface area contributed by atoms with Gasteiger partial charge in [-0.05, 0) is 60.2 Å². The number of piperazine rings is 1. The first-order valence-corrected chi connectivity index (χ1v) is 14.8. The number of aromatic nitrogens is 2. The molecule has 1 aliphatic heterocycles. The minimum Gasteiger partial charge on any atom is -0.383 e. The highest BCUT2D eigenvalue weighted by atomic mass is 16.5. The number of nitrogens with zero attached hydrogens (tertiary/aromatic N) is 5. The topological polar surface area (TPSA) is 82.4 Å². The number of likely N-dealkylation sites (N-methyl/N-ethyl adjacent to an activating group) is 1. The zero-order chi connectivity index (χ0) is 30.5. The number of hydrogen-bond acceptors (Lipinski definition) is 7. The van der Waals surface area contributed by atoms with Crippen LogP contribution in [0.1, 0.15) is 10.5 Å². The van der Waals surface area contributed by atoms with Crippen molar-refractivity contribution in [1.29, 1.82) is 0 Å². The molecule has 224 valence electrons. The fourth-order valence-electron chi connectivity index (χ4n) is 5.60. The van der Waals surface area contributed by atoms with Crippen LogP contribution >= 0.6 is 0 Å². The monoisotopic (exact) mass is 588 g/mol. The number of hydrogen-bond donors (Lipinski definition) is 1. The second-order valence-electron chi connectivity index (χ2n) is 10.9. The first-order chi connectivity index (χ1) is 21.5. The lowest BCUT2D eigenvalue weighted by atomic mass is 10.0. The van der Waals surface area contributed by atoms with Gasteiger partial charge in [0.15, 0.2) is 0 Å². The van der Waals surface area contributed by atoms with Gasteiger partial charge >= 0.3 is 0 Å². The van der Waals surface area contributed by atoms with E-state index in [0.29, 0.717) is 18.0 Å². The summed E-state index contributed by atoms with van der Waals surface area (Å²) in [5.74, 6) is -0.326. The van der Waals surface area contributed by atoms with Crippen molar-refractivity contribution in [3.63, 3.8) is 0 Å². The molecule has 6 rings (SSSR count). The Labute approximate surface area is 257 Å². The summed E-state index contributed by atoms with van der Waals surface area (Å²) in [5.41, 5.74) is 5.58. The summed E-state index contributed by atoms with van der Waals surface area (Å²) >= 11 is 0. The molecule has 0 aliphatic carbocycles. The van der Waals surface area contributed by atoms with Gasteiger partial charge < -0.3 is 29.2 Å². The van der Waals surface area contributed by atoms with E-state index < -0.39 is 11.7 Å². The van der Waals surface area contributed by atoms with E-state index in [-0.39, 0.29) is 0 Å². The van der Waals surface area contributed by atoms with Crippen molar-refractivity contribution in [2.45, 2.75) is 0 Å². The minimum absolute atomic E-state index is 0.349. The van der Waals surface area contributed by atoms with Gasteiger partial charge in [-0.1, -0.05) is 36.4 Å². The van der Waals surface area contributed by atoms with E-state index in [1.807, 2.05) is 98.3 Å². The number of ether oxygens (including phenoxy) is 1. The van der Waals surface area contributed by atoms with E-state index in [0.717, 1.165) is 66.6 Å². The highest BCUT2D eigenvalue weighted by Crippen LogP contribution is 2.29. The third-order valence-corrected chi connectivity index (χ3v) is 8.08. The molecule has 9 heteroatoms. The van der Waals surface area contributed by atoms with Crippen LogP contribution in [0.4, 0.5) is 22.9 Å². The number of ketones is 1. The Morgan fingerprint density at radius 1 is 0.864 bits per heavy atom. The molecule has 0 unspecified atom stereocenters. The van der Waals surface area contributed by atoms with Crippen LogP contribution < -0.4 is 20.0 Å². The molecule has 0 atom stereocenters. The Hall–Kier alpha value is -5.15. The maximum absolute atomic E-state index is 13.5. The maximum atomic E-state index is 13.5. The van der Waals surface area contributed by atoms with Crippen molar-refractivity contribution in [3.8, 4) is 11.1 Å². The molecule has 5 aromatic rings. The second kappa shape index (κ2) is 13.0. The summed E-state index contributed by atoms with van der Waals surface area (Å²) in [6.07, 6.45) is 3.75. The predicted molar refractivity (Wildman–Crippen MR) is 176 cm³/mol. The summed E-state index contributed by atoms with van der Waals surface area (Å²) in [5, 5.41) is 2.81. The van der Waals surface area contributed by atoms with Gasteiger partial charge in [0.2, 0.25) is 0 Å². The molecule has 1 amide bonds. The average Bonchev–Trinajstić information content (AvgIpc) is 3.47. The van der Waals surface area contributed by atoms with Gasteiger partial charge in [0.1, 0.15) is 11.5 Å². The summed E-state index contributed by atoms with van der Waals surface area (Å²) in [6.45, 7) is 4.94. The van der Waals surface area contributed by atoms with Crippen molar-refractivity contribution in [1.82, 2.24) is 9.38 Å². The van der Waals surface area contributed by atoms with Crippen molar-refractivity contribution < 1.29 is 14.3 Å². The molecule has 0 radical (unpaired) electrons. The molecule has 0 bridgehead atoms. The molecule has 1 saturated heterocycles. The van der Waals surface area contributed by atoms with Gasteiger partial charge in [-0.15, -0.1) is 0 Å². The summed E-state index contributed by atoms with van der Waals surface area (Å²) in [7, 11) is 3.72. The normalized spacial score (nSPS) is 13.2. The van der Waals surface area contributed by atoms with Crippen LogP contribution in [0.5, 0.6) is 0 Å². The number of methoxy groups -OCH3 is 1. The molecular weight excluding hydrogens is 552 g/mol. The van der Waals surface area contributed by atoms with Gasteiger partial charge in [0.25, 0.3) is 11.7 Å². The Bertz CT molecular complexity index is 1730. The van der Waals surface area contributed by atoms with Crippen LogP contribution in [0.2, 0.25) is 0 Å². The largest absolute Gasteiger partial charge is 0.383 e. The zero-order valence-electron chi connectivity index (χ0n) is 25.0. The minimum atomic E-state index is -0.670. The quantitative estimate of drug-likeness (QED) is 0.177. The lowest BCUT2D eigenvalue weighted by Crippen LogP contribution is -2.46. The van der Waals surface area contributed by atoms with Crippen LogP contribution in [-0.2, 0) is 9.53 Å². The Morgan fingerprint density at radius 2 is 1.55 bits per heavy atom. The molecule has 1 N–H and O–H groups in total. The molecule has 1 aliphatic rings. The molecule has 9 nitrogen and oxygen atoms in total. The number of nitrogens with one attached hydrogen (secondary N) is 1. The summed E-state index contributed by atoms with van der Waals surface area (Å²) in [4.78, 5) is 38.1. The van der Waals surface area contributed by atoms with Crippen LogP contribution in [0.25, 0.3) is 16.6 Å². The van der Waals surface area contributed by atoms with E-state index in [1.165, 1.54) is 0 Å². The predicted octanol–water partition coefficient (Wildman–Crippen LogP) is 5.23. The fourth-order valence-corrected chi connectivity index (χ4v) is 5.60. The number of benzene rings is 2. The summed E-state index contributed by atoms with van der Waals surface area (Å²) < 4.78 is 6.94. The van der Waals surface area contributed by atoms with Crippen LogP contribution in [0, 0.1) is 0 Å². The molecule has 4 heterocycles. The third-order valence-electron chi connectivity index (χ3n) is 8.08. The number of rotatable bonds is 10. The van der Waals surface area contributed by atoms with Gasteiger partial charge in [0.05, 0.1) is 18.5 Å². The number of carbonyl (C=O) groups is 2. The average molecular weight is 589 g/mol. The van der Waals surface area contributed by atoms with E-state index in [2.05, 4.69) is 37.1 Å². The number of anilines is 4. The van der Waals surface area contributed by atoms with Gasteiger partial charge in [-0.2, -0.15) is 0 Å². The van der Waals surface area contributed by atoms with E-state index in [9.17, 15) is 9.59 Å². The number of pyridine rings is 2. The molecule has 1 fully saturated rings. The molecule has 0 spiro atoms. The molecule has 3 aromatic heterocycles. The van der Waals surface area contributed by atoms with Gasteiger partial charge in [-0.25, -0.2) is 4.98 Å². The molecular formula is C35H36N6O3. The lowest BCUT2D eigenvalue weighted by Gasteiger charge is -2.37. The Balaban J connectivity index is 1.08. The van der Waals surface area contributed by atoms with E-state index in [4.69, 9.17) is 4.74 Å². The summed E-state index contributed by atoms with van der Waals surface area (Å²) in [6, 6.07) is 29.2. The highest BCUT2D eigenvalue weighted by molar-refractivity contribution is 6.47. The fraction of sp³-hybridized carbons (Fsp3) is 0.229. The third kappa shape index (κ3) is 6.14. The van der Waals surface area contributed by atoms with Crippen LogP contribution in [0.3, 0.4) is 0 Å². The Morgan fingerprint density at radius 3 is 2.23 bits per heavy atom. The first-order valence-electron chi connectivity index (χ1n) is 14.8. The first kappa shape index (κ1) is 28.9. The van der Waals surface area contributed by atoms with E-state index >= 15 is 0 Å². The standard InChI is InChI=1S/C35H36N6O3/c1-38(22-23-44-2)32-16-15-30(25-36-32)40-20-18-39(19-21-40)28-13-11-27(12-14-28)37-35(43)34(42)33-31(26-8-4-3-5-9-26)24-29-10-6-7-17-41(29)33/h3-17,24-25H,18-23H2,1-2H3,(H,37,43). The van der Waals surface area contributed by atoms with Crippen molar-refractivity contribution in [3.05, 3.63) is 109 Å². The van der Waals surface area contributed by atoms with Crippen LogP contribution in [0.15, 0.2) is 103 Å². The van der Waals surface area contributed by atoms with Gasteiger partial charge in [-0.3, -0.25) is 9.59 Å². The smallest absolute Gasteiger partial charge is 0.298 e. The van der Waals surface area contributed by atoms with Gasteiger partial charge in [0, 0.05) is 75.5 Å². The number of carbonyl (C=O) groups excluding carboxylic acids is 2. The lowest BCUT2D eigenvalue weighted by molar-refractivity contribution is -0.112. The molecule has 2 aromatic carbocycles. The van der Waals surface area contributed by atoms with Crippen molar-refractivity contribution in [2.24, 2.45) is 0 Å². The number of fused-ring (bicyclic) bond motifs is 1. The van der Waals surface area contributed by atoms with Crippen LogP contribution in [-0.4, -0.2) is 74.6 Å². The zero-order valence-corrected chi connectivity index (χ0v) is 25.0. The Kier molecular flexibility index (Phi) is 8.56. The van der Waals surface area contributed by atoms with Crippen molar-refractivity contribution >= 4 is 40.1 Å². The SMILES string of the molecule is COCCN(C)c1ccc(N2CCN(c3ccc(NC(=O)C(=O)c4c(-c5ccccc5)cc5ccccn45)cc3)CC2)cn1. The highest BCUT2D eigenvalue weighted by Gasteiger charge is 2.25. The van der Waals surface area contributed by atoms with Crippen molar-refractivity contribution in [2.75, 3.05) is 73.5 Å². The number of Topliss-reactive ketones (excluding diaryl/α,β-unsaturated/α-hetero) is 1. The molecule has 0 saturated carbocycles. The number of amides is 1. The van der Waals surface area contributed by atoms with E-state index in [1.54, 1.807) is 11.5 Å².